The van der Waals surface area contributed by atoms with Gasteiger partial charge in [0.25, 0.3) is 0 Å². The van der Waals surface area contributed by atoms with Gasteiger partial charge in [0.2, 0.25) is 5.91 Å². The summed E-state index contributed by atoms with van der Waals surface area (Å²) in [6.45, 7) is 3.46. The van der Waals surface area contributed by atoms with Crippen molar-refractivity contribution in [3.63, 3.8) is 0 Å². The highest BCUT2D eigenvalue weighted by Crippen LogP contribution is 2.42. The summed E-state index contributed by atoms with van der Waals surface area (Å²) in [6.07, 6.45) is 55.4. The fraction of sp³-hybridized carbons (Fsp3) is 0.714. The molecule has 0 saturated heterocycles. The van der Waals surface area contributed by atoms with Crippen molar-refractivity contribution in [2.45, 2.75) is 200 Å². The van der Waals surface area contributed by atoms with Crippen molar-refractivity contribution in [3.05, 3.63) is 72.9 Å². The number of amides is 1. The number of esters is 1. The number of hydrogen-bond acceptors (Lipinski definition) is 7. The van der Waals surface area contributed by atoms with E-state index in [1.165, 1.54) is 77.0 Å². The molecule has 2 atom stereocenters. The second-order valence-corrected chi connectivity index (χ2v) is 16.8. The summed E-state index contributed by atoms with van der Waals surface area (Å²) in [5.74, 6) is -0.544. The lowest BCUT2D eigenvalue weighted by Gasteiger charge is -2.15. The number of unbranched alkanes of at least 4 members (excludes halogenated alkanes) is 18. The van der Waals surface area contributed by atoms with E-state index in [0.29, 0.717) is 6.42 Å². The Labute approximate surface area is 360 Å². The second-order valence-electron chi connectivity index (χ2n) is 15.4. The molecule has 9 nitrogen and oxygen atoms in total. The van der Waals surface area contributed by atoms with E-state index in [-0.39, 0.29) is 32.1 Å². The highest BCUT2D eigenvalue weighted by molar-refractivity contribution is 7.47. The number of aliphatic hydroxyl groups is 1. The number of carbonyl (C=O) groups is 2. The molecule has 1 amide bonds. The molecule has 0 saturated carbocycles. The number of aliphatic hydroxyl groups excluding tert-OH is 1. The first-order valence-electron chi connectivity index (χ1n) is 23.4. The quantitative estimate of drug-likeness (QED) is 0.0239. The fourth-order valence-electron chi connectivity index (χ4n) is 6.04. The Morgan fingerprint density at radius 3 is 1.37 bits per heavy atom. The van der Waals surface area contributed by atoms with Gasteiger partial charge in [0, 0.05) is 19.4 Å². The lowest BCUT2D eigenvalue weighted by Crippen LogP contribution is -2.27. The molecule has 0 bridgehead atoms. The maximum atomic E-state index is 12.1. The molecule has 0 fully saturated rings. The lowest BCUT2D eigenvalue weighted by atomic mass is 10.1. The Balaban J connectivity index is 3.64. The normalized spacial score (nSPS) is 13.9. The lowest BCUT2D eigenvalue weighted by molar-refractivity contribution is -0.147. The van der Waals surface area contributed by atoms with Crippen molar-refractivity contribution < 1.29 is 37.9 Å². The van der Waals surface area contributed by atoms with Crippen molar-refractivity contribution in [2.24, 2.45) is 0 Å². The van der Waals surface area contributed by atoms with Crippen LogP contribution in [0.4, 0.5) is 0 Å². The molecule has 0 aliphatic rings. The van der Waals surface area contributed by atoms with E-state index in [0.717, 1.165) is 89.9 Å². The van der Waals surface area contributed by atoms with Crippen LogP contribution >= 0.6 is 7.82 Å². The molecule has 59 heavy (non-hydrogen) atoms. The Kier molecular flexibility index (Phi) is 43.0. The van der Waals surface area contributed by atoms with Gasteiger partial charge in [-0.1, -0.05) is 164 Å². The number of phosphoric ester groups is 1. The number of hydrogen-bond donors (Lipinski definition) is 3. The number of rotatable bonds is 43. The van der Waals surface area contributed by atoms with E-state index in [2.05, 4.69) is 92.1 Å². The van der Waals surface area contributed by atoms with Crippen LogP contribution in [0.2, 0.25) is 0 Å². The Hall–Kier alpha value is -2.55. The Morgan fingerprint density at radius 2 is 0.915 bits per heavy atom. The summed E-state index contributed by atoms with van der Waals surface area (Å²) >= 11 is 0. The van der Waals surface area contributed by atoms with Gasteiger partial charge in [0.15, 0.2) is 0 Å². The van der Waals surface area contributed by atoms with Crippen molar-refractivity contribution in [2.75, 3.05) is 26.4 Å². The zero-order valence-electron chi connectivity index (χ0n) is 37.4. The average molecular weight is 848 g/mol. The van der Waals surface area contributed by atoms with Crippen molar-refractivity contribution in [1.82, 2.24) is 5.32 Å². The molecule has 340 valence electrons. The number of allylic oxidation sites excluding steroid dienone is 12. The number of nitrogens with one attached hydrogen (secondary N) is 1. The molecule has 0 radical (unpaired) electrons. The molecule has 0 aliphatic heterocycles. The van der Waals surface area contributed by atoms with Gasteiger partial charge in [0.05, 0.1) is 13.2 Å². The smallest absolute Gasteiger partial charge is 0.463 e. The summed E-state index contributed by atoms with van der Waals surface area (Å²) in [4.78, 5) is 34.0. The zero-order chi connectivity index (χ0) is 43.2. The largest absolute Gasteiger partial charge is 0.472 e. The minimum Gasteiger partial charge on any atom is -0.463 e. The molecule has 0 aromatic rings. The zero-order valence-corrected chi connectivity index (χ0v) is 38.3. The van der Waals surface area contributed by atoms with Gasteiger partial charge in [-0.2, -0.15) is 0 Å². The van der Waals surface area contributed by atoms with Crippen LogP contribution in [0.3, 0.4) is 0 Å². The number of carbonyl (C=O) groups excluding carboxylic acids is 2. The minimum atomic E-state index is -4.43. The monoisotopic (exact) mass is 848 g/mol. The van der Waals surface area contributed by atoms with Gasteiger partial charge >= 0.3 is 13.8 Å². The van der Waals surface area contributed by atoms with E-state index in [1.54, 1.807) is 0 Å². The fourth-order valence-corrected chi connectivity index (χ4v) is 6.80. The van der Waals surface area contributed by atoms with Gasteiger partial charge < -0.3 is 20.1 Å². The third kappa shape index (κ3) is 46.4. The first-order valence-corrected chi connectivity index (χ1v) is 24.9. The Bertz CT molecular complexity index is 1190. The van der Waals surface area contributed by atoms with Gasteiger partial charge in [-0.25, -0.2) is 4.57 Å². The first-order chi connectivity index (χ1) is 28.8. The summed E-state index contributed by atoms with van der Waals surface area (Å²) in [5, 5.41) is 12.7. The molecule has 2 unspecified atom stereocenters. The molecule has 3 N–H and O–H groups in total. The highest BCUT2D eigenvalue weighted by atomic mass is 31.2. The highest BCUT2D eigenvalue weighted by Gasteiger charge is 2.23. The average Bonchev–Trinajstić information content (AvgIpc) is 3.22. The molecular formula is C49H86NO8P. The standard InChI is InChI=1S/C49H86NO8P/c1-3-5-7-9-11-13-15-17-19-20-21-22-23-24-25-26-28-29-31-33-35-37-39-41-48(52)50-43-44-57-59(54,55)58-46-47(51)45-56-49(53)42-40-38-36-34-32-30-27-18-16-14-12-10-8-6-4-2/h11-14,17-19,21-22,24-25,27,47,51H,3-10,15-16,20,23,26,28-46H2,1-2H3,(H,50,52)(H,54,55)/b13-11-,14-12-,19-17-,22-21-,25-24-,27-18-. The van der Waals surface area contributed by atoms with Crippen molar-refractivity contribution >= 4 is 19.7 Å². The first kappa shape index (κ1) is 56.5. The third-order valence-electron chi connectivity index (χ3n) is 9.61. The summed E-state index contributed by atoms with van der Waals surface area (Å²) < 4.78 is 26.9. The molecular weight excluding hydrogens is 762 g/mol. The molecule has 0 aromatic carbocycles. The maximum Gasteiger partial charge on any atom is 0.472 e. The van der Waals surface area contributed by atoms with E-state index in [1.807, 2.05) is 0 Å². The Morgan fingerprint density at radius 1 is 0.525 bits per heavy atom. The van der Waals surface area contributed by atoms with Gasteiger partial charge in [-0.05, 0) is 89.9 Å². The molecule has 0 aromatic heterocycles. The second kappa shape index (κ2) is 45.0. The van der Waals surface area contributed by atoms with E-state index in [4.69, 9.17) is 13.8 Å². The predicted molar refractivity (Wildman–Crippen MR) is 247 cm³/mol. The topological polar surface area (TPSA) is 131 Å². The van der Waals surface area contributed by atoms with Crippen LogP contribution in [0.15, 0.2) is 72.9 Å². The van der Waals surface area contributed by atoms with Crippen LogP contribution < -0.4 is 5.32 Å². The number of ether oxygens (including phenoxy) is 1. The minimum absolute atomic E-state index is 0.0700. The molecule has 0 spiro atoms. The maximum absolute atomic E-state index is 12.1. The van der Waals surface area contributed by atoms with Crippen LogP contribution in [0.5, 0.6) is 0 Å². The van der Waals surface area contributed by atoms with Gasteiger partial charge in [-0.3, -0.25) is 18.6 Å². The van der Waals surface area contributed by atoms with Gasteiger partial charge in [0.1, 0.15) is 12.7 Å². The van der Waals surface area contributed by atoms with Crippen molar-refractivity contribution in [3.8, 4) is 0 Å². The molecule has 0 aliphatic carbocycles. The van der Waals surface area contributed by atoms with Crippen LogP contribution in [0.25, 0.3) is 0 Å². The van der Waals surface area contributed by atoms with Crippen LogP contribution in [0, 0.1) is 0 Å². The number of phosphoric acid groups is 1. The van der Waals surface area contributed by atoms with E-state index < -0.39 is 26.5 Å². The van der Waals surface area contributed by atoms with Crippen LogP contribution in [-0.2, 0) is 27.9 Å². The third-order valence-corrected chi connectivity index (χ3v) is 10.6. The SMILES string of the molecule is CCCCC/C=C\C/C=C\C/C=C\C/C=C\CCCCCCCCCC(=O)NCCOP(=O)(O)OCC(O)COC(=O)CCCCCCC/C=C\C/C=C\CCCCC. The van der Waals surface area contributed by atoms with Crippen molar-refractivity contribution in [1.29, 1.82) is 0 Å². The van der Waals surface area contributed by atoms with E-state index in [9.17, 15) is 24.2 Å². The molecule has 0 heterocycles. The predicted octanol–water partition coefficient (Wildman–Crippen LogP) is 13.4. The van der Waals surface area contributed by atoms with Crippen LogP contribution in [-0.4, -0.2) is 54.3 Å². The molecule has 10 heteroatoms. The molecule has 0 rings (SSSR count). The summed E-state index contributed by atoms with van der Waals surface area (Å²) in [6, 6.07) is 0. The van der Waals surface area contributed by atoms with E-state index >= 15 is 0 Å². The van der Waals surface area contributed by atoms with Crippen LogP contribution in [0.1, 0.15) is 194 Å². The summed E-state index contributed by atoms with van der Waals surface area (Å²) in [7, 11) is -4.43. The summed E-state index contributed by atoms with van der Waals surface area (Å²) in [5.41, 5.74) is 0. The van der Waals surface area contributed by atoms with Gasteiger partial charge in [-0.15, -0.1) is 0 Å².